The van der Waals surface area contributed by atoms with Crippen LogP contribution in [0.3, 0.4) is 0 Å². The van der Waals surface area contributed by atoms with Gasteiger partial charge in [-0.3, -0.25) is 4.79 Å². The summed E-state index contributed by atoms with van der Waals surface area (Å²) in [4.78, 5) is 11.8. The SMILES string of the molecule is O=C(NC1=CC[CH]C=C1)c1cc(C(F)(F)F)ccc1F. The third-order valence-corrected chi connectivity index (χ3v) is 2.68. The first-order valence-electron chi connectivity index (χ1n) is 5.76. The predicted octanol–water partition coefficient (Wildman–Crippen LogP) is 3.62. The van der Waals surface area contributed by atoms with Crippen molar-refractivity contribution in [3.8, 4) is 0 Å². The van der Waals surface area contributed by atoms with Crippen LogP contribution < -0.4 is 5.32 Å². The Bertz CT molecular complexity index is 587. The average Bonchev–Trinajstić information content (AvgIpc) is 2.39. The van der Waals surface area contributed by atoms with Crippen molar-refractivity contribution in [3.63, 3.8) is 0 Å². The zero-order chi connectivity index (χ0) is 14.8. The molecular weight excluding hydrogens is 274 g/mol. The summed E-state index contributed by atoms with van der Waals surface area (Å²) in [5.41, 5.74) is -1.27. The lowest BCUT2D eigenvalue weighted by Crippen LogP contribution is -2.24. The Hall–Kier alpha value is -2.11. The van der Waals surface area contributed by atoms with Gasteiger partial charge in [0.05, 0.1) is 11.1 Å². The fourth-order valence-corrected chi connectivity index (χ4v) is 1.68. The van der Waals surface area contributed by atoms with Crippen LogP contribution in [0.4, 0.5) is 17.6 Å². The Morgan fingerprint density at radius 3 is 2.60 bits per heavy atom. The molecule has 0 aliphatic heterocycles. The maximum absolute atomic E-state index is 13.5. The molecule has 0 bridgehead atoms. The van der Waals surface area contributed by atoms with Crippen molar-refractivity contribution in [2.24, 2.45) is 0 Å². The Morgan fingerprint density at radius 1 is 1.25 bits per heavy atom. The normalized spacial score (nSPS) is 14.9. The molecule has 0 fully saturated rings. The van der Waals surface area contributed by atoms with E-state index in [0.29, 0.717) is 30.3 Å². The number of hydrogen-bond donors (Lipinski definition) is 1. The van der Waals surface area contributed by atoms with Gasteiger partial charge in [-0.25, -0.2) is 4.39 Å². The van der Waals surface area contributed by atoms with Gasteiger partial charge >= 0.3 is 6.18 Å². The van der Waals surface area contributed by atoms with Gasteiger partial charge in [-0.05, 0) is 37.1 Å². The minimum atomic E-state index is -4.62. The van der Waals surface area contributed by atoms with Gasteiger partial charge in [0.25, 0.3) is 5.91 Å². The molecule has 0 heterocycles. The topological polar surface area (TPSA) is 29.1 Å². The highest BCUT2D eigenvalue weighted by molar-refractivity contribution is 5.96. The maximum atomic E-state index is 13.5. The smallest absolute Gasteiger partial charge is 0.322 e. The molecule has 1 aliphatic rings. The highest BCUT2D eigenvalue weighted by Gasteiger charge is 2.32. The number of alkyl halides is 3. The zero-order valence-electron chi connectivity index (χ0n) is 10.2. The molecular formula is C14H10F4NO. The average molecular weight is 284 g/mol. The third-order valence-electron chi connectivity index (χ3n) is 2.68. The number of halogens is 4. The predicted molar refractivity (Wildman–Crippen MR) is 65.0 cm³/mol. The van der Waals surface area contributed by atoms with E-state index in [2.05, 4.69) is 5.32 Å². The Kier molecular flexibility index (Phi) is 3.92. The van der Waals surface area contributed by atoms with Gasteiger partial charge in [-0.1, -0.05) is 12.2 Å². The Balaban J connectivity index is 2.25. The van der Waals surface area contributed by atoms with Crippen LogP contribution in [-0.2, 0) is 6.18 Å². The van der Waals surface area contributed by atoms with Crippen LogP contribution in [0.2, 0.25) is 0 Å². The van der Waals surface area contributed by atoms with Gasteiger partial charge in [0.15, 0.2) is 0 Å². The molecule has 1 radical (unpaired) electrons. The van der Waals surface area contributed by atoms with Crippen LogP contribution in [-0.4, -0.2) is 5.91 Å². The van der Waals surface area contributed by atoms with Gasteiger partial charge in [0.2, 0.25) is 0 Å². The van der Waals surface area contributed by atoms with Crippen molar-refractivity contribution in [3.05, 3.63) is 65.5 Å². The van der Waals surface area contributed by atoms with E-state index >= 15 is 0 Å². The van der Waals surface area contributed by atoms with E-state index in [4.69, 9.17) is 0 Å². The highest BCUT2D eigenvalue weighted by Crippen LogP contribution is 2.30. The highest BCUT2D eigenvalue weighted by atomic mass is 19.4. The van der Waals surface area contributed by atoms with E-state index in [0.717, 1.165) is 0 Å². The lowest BCUT2D eigenvalue weighted by molar-refractivity contribution is -0.137. The summed E-state index contributed by atoms with van der Waals surface area (Å²) in [5.74, 6) is -1.91. The molecule has 2 rings (SSSR count). The van der Waals surface area contributed by atoms with Crippen molar-refractivity contribution in [2.75, 3.05) is 0 Å². The molecule has 1 aromatic rings. The van der Waals surface area contributed by atoms with E-state index in [1.807, 2.05) is 6.42 Å². The van der Waals surface area contributed by atoms with E-state index in [1.165, 1.54) is 0 Å². The van der Waals surface area contributed by atoms with Crippen LogP contribution in [0, 0.1) is 12.2 Å². The van der Waals surface area contributed by atoms with Crippen LogP contribution in [0.5, 0.6) is 0 Å². The van der Waals surface area contributed by atoms with Crippen LogP contribution in [0.25, 0.3) is 0 Å². The fraction of sp³-hybridized carbons (Fsp3) is 0.143. The second-order valence-corrected chi connectivity index (χ2v) is 4.14. The van der Waals surface area contributed by atoms with Gasteiger partial charge in [0, 0.05) is 5.70 Å². The first kappa shape index (κ1) is 14.3. The molecule has 0 spiro atoms. The van der Waals surface area contributed by atoms with E-state index in [-0.39, 0.29) is 0 Å². The molecule has 0 saturated carbocycles. The number of benzene rings is 1. The molecule has 0 aromatic heterocycles. The van der Waals surface area contributed by atoms with Gasteiger partial charge in [0.1, 0.15) is 5.82 Å². The summed E-state index contributed by atoms with van der Waals surface area (Å²) in [6.45, 7) is 0. The van der Waals surface area contributed by atoms with Crippen molar-refractivity contribution in [1.29, 1.82) is 0 Å². The van der Waals surface area contributed by atoms with E-state index in [1.54, 1.807) is 18.2 Å². The maximum Gasteiger partial charge on any atom is 0.416 e. The number of amides is 1. The minimum Gasteiger partial charge on any atom is -0.322 e. The molecule has 0 atom stereocenters. The number of hydrogen-bond acceptors (Lipinski definition) is 1. The number of carbonyl (C=O) groups is 1. The van der Waals surface area contributed by atoms with Gasteiger partial charge < -0.3 is 5.32 Å². The summed E-state index contributed by atoms with van der Waals surface area (Å²) in [6.07, 6.45) is 2.74. The third kappa shape index (κ3) is 3.26. The standard InChI is InChI=1S/C14H10F4NO/c15-12-7-6-9(14(16,17)18)8-11(12)13(20)19-10-4-2-1-3-5-10/h1-2,4-8H,3H2,(H,19,20). The number of rotatable bonds is 2. The summed E-state index contributed by atoms with van der Waals surface area (Å²) in [5, 5.41) is 2.36. The number of allylic oxidation sites excluding steroid dienone is 3. The summed E-state index contributed by atoms with van der Waals surface area (Å²) in [6, 6.07) is 1.74. The van der Waals surface area contributed by atoms with E-state index in [9.17, 15) is 22.4 Å². The fourth-order valence-electron chi connectivity index (χ4n) is 1.68. The van der Waals surface area contributed by atoms with Crippen LogP contribution >= 0.6 is 0 Å². The first-order valence-corrected chi connectivity index (χ1v) is 5.76. The summed E-state index contributed by atoms with van der Waals surface area (Å²) < 4.78 is 51.1. The van der Waals surface area contributed by atoms with E-state index < -0.39 is 29.0 Å². The molecule has 6 heteroatoms. The first-order chi connectivity index (χ1) is 9.38. The molecule has 1 aliphatic carbocycles. The summed E-state index contributed by atoms with van der Waals surface area (Å²) >= 11 is 0. The quantitative estimate of drug-likeness (QED) is 0.826. The zero-order valence-corrected chi connectivity index (χ0v) is 10.2. The molecule has 105 valence electrons. The Labute approximate surface area is 112 Å². The Morgan fingerprint density at radius 2 is 2.00 bits per heavy atom. The van der Waals surface area contributed by atoms with Crippen molar-refractivity contribution >= 4 is 5.91 Å². The second kappa shape index (κ2) is 5.48. The number of carbonyl (C=O) groups excluding carboxylic acids is 1. The molecule has 1 amide bonds. The molecule has 0 saturated heterocycles. The van der Waals surface area contributed by atoms with Crippen LogP contribution in [0.15, 0.2) is 42.1 Å². The molecule has 1 aromatic carbocycles. The summed E-state index contributed by atoms with van der Waals surface area (Å²) in [7, 11) is 0. The molecule has 1 N–H and O–H groups in total. The van der Waals surface area contributed by atoms with Crippen molar-refractivity contribution in [1.82, 2.24) is 5.32 Å². The lowest BCUT2D eigenvalue weighted by Gasteiger charge is -2.12. The molecule has 2 nitrogen and oxygen atoms in total. The van der Waals surface area contributed by atoms with Gasteiger partial charge in [-0.2, -0.15) is 13.2 Å². The minimum absolute atomic E-state index is 0.425. The second-order valence-electron chi connectivity index (χ2n) is 4.14. The molecule has 20 heavy (non-hydrogen) atoms. The lowest BCUT2D eigenvalue weighted by atomic mass is 10.1. The van der Waals surface area contributed by atoms with Crippen molar-refractivity contribution < 1.29 is 22.4 Å². The largest absolute Gasteiger partial charge is 0.416 e. The number of nitrogens with one attached hydrogen (secondary N) is 1. The van der Waals surface area contributed by atoms with Crippen molar-refractivity contribution in [2.45, 2.75) is 12.6 Å². The van der Waals surface area contributed by atoms with Crippen LogP contribution in [0.1, 0.15) is 22.3 Å². The van der Waals surface area contributed by atoms with Gasteiger partial charge in [-0.15, -0.1) is 0 Å². The molecule has 0 unspecified atom stereocenters. The monoisotopic (exact) mass is 284 g/mol.